The molecule has 1 unspecified atom stereocenters. The van der Waals surface area contributed by atoms with Gasteiger partial charge in [-0.2, -0.15) is 0 Å². The zero-order valence-electron chi connectivity index (χ0n) is 17.0. The van der Waals surface area contributed by atoms with Gasteiger partial charge in [0.25, 0.3) is 0 Å². The molecule has 5 rings (SSSR count). The van der Waals surface area contributed by atoms with Crippen molar-refractivity contribution in [3.8, 4) is 0 Å². The number of hydrogen-bond donors (Lipinski definition) is 2. The van der Waals surface area contributed by atoms with Crippen LogP contribution in [-0.4, -0.2) is 19.5 Å². The van der Waals surface area contributed by atoms with E-state index in [1.165, 1.54) is 49.0 Å². The highest BCUT2D eigenvalue weighted by atomic mass is 32.1. The van der Waals surface area contributed by atoms with Crippen LogP contribution in [0, 0.1) is 12.8 Å². The summed E-state index contributed by atoms with van der Waals surface area (Å²) in [6.07, 6.45) is 10.5. The first-order chi connectivity index (χ1) is 14.0. The summed E-state index contributed by atoms with van der Waals surface area (Å²) in [4.78, 5) is 12.6. The fourth-order valence-corrected chi connectivity index (χ4v) is 4.51. The van der Waals surface area contributed by atoms with Gasteiger partial charge in [-0.05, 0) is 56.4 Å². The summed E-state index contributed by atoms with van der Waals surface area (Å²) in [7, 11) is 0. The number of nitrogens with zero attached hydrogens (tertiary/aromatic N) is 4. The van der Waals surface area contributed by atoms with Crippen LogP contribution in [-0.2, 0) is 0 Å². The second-order valence-electron chi connectivity index (χ2n) is 7.97. The molecule has 0 aliphatic heterocycles. The number of fused-ring (bicyclic) bond motifs is 2. The average Bonchev–Trinajstić information content (AvgIpc) is 3.24. The Labute approximate surface area is 175 Å². The van der Waals surface area contributed by atoms with E-state index in [1.807, 2.05) is 12.1 Å². The Bertz CT molecular complexity index is 1110. The Balaban J connectivity index is 0.000000159. The minimum Gasteiger partial charge on any atom is -0.383 e. The Morgan fingerprint density at radius 2 is 2.03 bits per heavy atom. The predicted octanol–water partition coefficient (Wildman–Crippen LogP) is 5.34. The summed E-state index contributed by atoms with van der Waals surface area (Å²) in [6.45, 7) is 4.31. The molecule has 0 radical (unpaired) electrons. The topological polar surface area (TPSA) is 95.6 Å². The quantitative estimate of drug-likeness (QED) is 0.475. The lowest BCUT2D eigenvalue weighted by Crippen LogP contribution is -2.13. The number of hydrogen-bond acceptors (Lipinski definition) is 6. The zero-order valence-corrected chi connectivity index (χ0v) is 17.8. The molecule has 4 aromatic rings. The number of aryl methyl sites for hydroxylation is 1. The second kappa shape index (κ2) is 8.37. The highest BCUT2D eigenvalue weighted by Gasteiger charge is 2.19. The molecule has 3 heterocycles. The highest BCUT2D eigenvalue weighted by Crippen LogP contribution is 2.33. The largest absolute Gasteiger partial charge is 0.383 e. The molecule has 7 heteroatoms. The number of aromatic nitrogens is 4. The third kappa shape index (κ3) is 4.34. The Morgan fingerprint density at radius 3 is 2.79 bits per heavy atom. The fourth-order valence-electron chi connectivity index (χ4n) is 3.80. The van der Waals surface area contributed by atoms with Crippen molar-refractivity contribution in [1.82, 2.24) is 19.5 Å². The number of nitrogen functional groups attached to an aromatic ring is 2. The maximum atomic E-state index is 5.86. The second-order valence-corrected chi connectivity index (χ2v) is 9.03. The van der Waals surface area contributed by atoms with E-state index in [-0.39, 0.29) is 0 Å². The number of rotatable bonds is 4. The van der Waals surface area contributed by atoms with Crippen molar-refractivity contribution in [3.63, 3.8) is 0 Å². The van der Waals surface area contributed by atoms with Crippen LogP contribution < -0.4 is 11.5 Å². The van der Waals surface area contributed by atoms with Crippen LogP contribution in [0.2, 0.25) is 0 Å². The molecule has 1 atom stereocenters. The molecule has 152 valence electrons. The molecule has 1 aliphatic rings. The lowest BCUT2D eigenvalue weighted by molar-refractivity contribution is 0.274. The third-order valence-corrected chi connectivity index (χ3v) is 6.66. The summed E-state index contributed by atoms with van der Waals surface area (Å²) in [5.74, 6) is 1.54. The molecule has 6 nitrogen and oxygen atoms in total. The van der Waals surface area contributed by atoms with Gasteiger partial charge in [-0.1, -0.05) is 36.7 Å². The van der Waals surface area contributed by atoms with Gasteiger partial charge in [0, 0.05) is 12.2 Å². The van der Waals surface area contributed by atoms with Crippen molar-refractivity contribution in [3.05, 3.63) is 42.4 Å². The van der Waals surface area contributed by atoms with Gasteiger partial charge in [0.2, 0.25) is 0 Å². The molecule has 29 heavy (non-hydrogen) atoms. The first kappa shape index (κ1) is 19.6. The van der Waals surface area contributed by atoms with Gasteiger partial charge < -0.3 is 16.0 Å². The van der Waals surface area contributed by atoms with E-state index in [0.717, 1.165) is 27.2 Å². The van der Waals surface area contributed by atoms with Crippen LogP contribution >= 0.6 is 11.3 Å². The van der Waals surface area contributed by atoms with Gasteiger partial charge in [0.1, 0.15) is 17.8 Å². The van der Waals surface area contributed by atoms with Gasteiger partial charge in [0.15, 0.2) is 5.13 Å². The number of anilines is 2. The van der Waals surface area contributed by atoms with E-state index in [1.54, 1.807) is 6.33 Å². The van der Waals surface area contributed by atoms with Gasteiger partial charge in [-0.25, -0.2) is 15.0 Å². The Morgan fingerprint density at radius 1 is 1.21 bits per heavy atom. The number of benzene rings is 1. The van der Waals surface area contributed by atoms with E-state index in [0.29, 0.717) is 17.0 Å². The van der Waals surface area contributed by atoms with Crippen molar-refractivity contribution in [2.45, 2.75) is 52.0 Å². The van der Waals surface area contributed by atoms with Crippen LogP contribution in [0.15, 0.2) is 36.8 Å². The summed E-state index contributed by atoms with van der Waals surface area (Å²) in [5.41, 5.74) is 14.6. The summed E-state index contributed by atoms with van der Waals surface area (Å²) in [5, 5.41) is 1.61. The minimum atomic E-state index is 0.484. The normalized spacial score (nSPS) is 15.1. The van der Waals surface area contributed by atoms with Crippen molar-refractivity contribution < 1.29 is 0 Å². The van der Waals surface area contributed by atoms with Crippen LogP contribution in [0.4, 0.5) is 10.9 Å². The van der Waals surface area contributed by atoms with E-state index in [2.05, 4.69) is 51.7 Å². The lowest BCUT2D eigenvalue weighted by Gasteiger charge is -2.26. The predicted molar refractivity (Wildman–Crippen MR) is 122 cm³/mol. The molecule has 1 aromatic carbocycles. The summed E-state index contributed by atoms with van der Waals surface area (Å²) < 4.78 is 3.39. The summed E-state index contributed by atoms with van der Waals surface area (Å²) >= 11 is 1.53. The fraction of sp³-hybridized carbons (Fsp3) is 0.409. The Hall–Kier alpha value is -2.67. The molecule has 4 N–H and O–H groups in total. The molecule has 1 saturated carbocycles. The smallest absolute Gasteiger partial charge is 0.181 e. The summed E-state index contributed by atoms with van der Waals surface area (Å²) in [6, 6.07) is 8.67. The van der Waals surface area contributed by atoms with Crippen molar-refractivity contribution in [1.29, 1.82) is 0 Å². The number of thiazole rings is 1. The van der Waals surface area contributed by atoms with Crippen molar-refractivity contribution in [2.24, 2.45) is 5.92 Å². The lowest BCUT2D eigenvalue weighted by atomic mass is 9.81. The molecule has 0 saturated heterocycles. The first-order valence-electron chi connectivity index (χ1n) is 10.2. The first-order valence-corrected chi connectivity index (χ1v) is 11.0. The van der Waals surface area contributed by atoms with Crippen molar-refractivity contribution in [2.75, 3.05) is 11.5 Å². The maximum Gasteiger partial charge on any atom is 0.181 e. The SMILES string of the molecule is CC(CCC1CCC1)n1ccc2c(N)ncnc21.Cc1ccc2sc(N)nc2c1. The highest BCUT2D eigenvalue weighted by molar-refractivity contribution is 7.22. The molecule has 1 aliphatic carbocycles. The Kier molecular flexibility index (Phi) is 5.67. The van der Waals surface area contributed by atoms with E-state index >= 15 is 0 Å². The average molecular weight is 409 g/mol. The van der Waals surface area contributed by atoms with Crippen LogP contribution in [0.25, 0.3) is 21.3 Å². The van der Waals surface area contributed by atoms with Gasteiger partial charge in [0.05, 0.1) is 15.6 Å². The monoisotopic (exact) mass is 408 g/mol. The van der Waals surface area contributed by atoms with E-state index < -0.39 is 0 Å². The number of nitrogens with two attached hydrogens (primary N) is 2. The molecular formula is C22H28N6S. The molecule has 0 spiro atoms. The molecule has 0 amide bonds. The third-order valence-electron chi connectivity index (χ3n) is 5.79. The molecular weight excluding hydrogens is 380 g/mol. The molecule has 1 fully saturated rings. The zero-order chi connectivity index (χ0) is 20.4. The van der Waals surface area contributed by atoms with Crippen LogP contribution in [0.5, 0.6) is 0 Å². The minimum absolute atomic E-state index is 0.484. The molecule has 3 aromatic heterocycles. The van der Waals surface area contributed by atoms with Crippen LogP contribution in [0.3, 0.4) is 0 Å². The van der Waals surface area contributed by atoms with E-state index in [9.17, 15) is 0 Å². The molecule has 0 bridgehead atoms. The van der Waals surface area contributed by atoms with Crippen LogP contribution in [0.1, 0.15) is 50.6 Å². The van der Waals surface area contributed by atoms with Gasteiger partial charge >= 0.3 is 0 Å². The standard InChI is InChI=1S/C14H20N4.C8H8N2S/c1-10(5-6-11-3-2-4-11)18-8-7-12-13(15)16-9-17-14(12)18;1-5-2-3-7-6(4-5)10-8(9)11-7/h7-11H,2-6H2,1H3,(H2,15,16,17);2-4H,1H3,(H2,9,10). The maximum absolute atomic E-state index is 5.86. The van der Waals surface area contributed by atoms with Gasteiger partial charge in [-0.3, -0.25) is 0 Å². The van der Waals surface area contributed by atoms with Gasteiger partial charge in [-0.15, -0.1) is 0 Å². The van der Waals surface area contributed by atoms with E-state index in [4.69, 9.17) is 11.5 Å². The van der Waals surface area contributed by atoms with Crippen molar-refractivity contribution >= 4 is 43.5 Å².